The molecule has 6 heteroatoms. The number of hydrogen-bond donors (Lipinski definition) is 3. The lowest BCUT2D eigenvalue weighted by atomic mass is 10.1. The molecule has 0 aromatic heterocycles. The predicted octanol–water partition coefficient (Wildman–Crippen LogP) is 1.41. The summed E-state index contributed by atoms with van der Waals surface area (Å²) in [5.41, 5.74) is 7.07. The zero-order chi connectivity index (χ0) is 13.9. The molecule has 0 aliphatic rings. The van der Waals surface area contributed by atoms with Crippen LogP contribution in [0.1, 0.15) is 18.1 Å². The van der Waals surface area contributed by atoms with Crippen molar-refractivity contribution >= 4 is 12.2 Å². The first-order chi connectivity index (χ1) is 9.24. The standard InChI is InChI=1S/C13H20N4O2/c1-3-18-8-9-19-17-13(14)16-15-10-12-7-5-4-6-11(12)2/h4-7,10H,3,8-9H2,1-2H3,(H3,14,16,17)/b15-10+. The summed E-state index contributed by atoms with van der Waals surface area (Å²) in [6.45, 7) is 5.43. The minimum absolute atomic E-state index is 0.0265. The molecule has 0 heterocycles. The first kappa shape index (κ1) is 15.1. The van der Waals surface area contributed by atoms with Gasteiger partial charge in [0.15, 0.2) is 0 Å². The lowest BCUT2D eigenvalue weighted by Gasteiger charge is -2.07. The Labute approximate surface area is 113 Å². The highest BCUT2D eigenvalue weighted by atomic mass is 16.7. The van der Waals surface area contributed by atoms with Crippen LogP contribution in [0.5, 0.6) is 0 Å². The molecule has 0 aliphatic heterocycles. The molecule has 0 saturated heterocycles. The molecule has 1 aromatic rings. The van der Waals surface area contributed by atoms with Crippen LogP contribution in [0.4, 0.5) is 0 Å². The molecule has 0 saturated carbocycles. The van der Waals surface area contributed by atoms with Crippen molar-refractivity contribution in [1.29, 1.82) is 5.41 Å². The Hall–Kier alpha value is -1.92. The molecule has 0 bridgehead atoms. The number of nitrogens with zero attached hydrogens (tertiary/aromatic N) is 1. The second-order valence-corrected chi connectivity index (χ2v) is 3.75. The van der Waals surface area contributed by atoms with Crippen molar-refractivity contribution in [3.8, 4) is 0 Å². The van der Waals surface area contributed by atoms with Gasteiger partial charge in [-0.2, -0.15) is 5.10 Å². The van der Waals surface area contributed by atoms with E-state index >= 15 is 0 Å². The van der Waals surface area contributed by atoms with E-state index in [1.165, 1.54) is 0 Å². The van der Waals surface area contributed by atoms with Crippen LogP contribution >= 0.6 is 0 Å². The first-order valence-electron chi connectivity index (χ1n) is 6.13. The van der Waals surface area contributed by atoms with Gasteiger partial charge in [-0.15, -0.1) is 0 Å². The monoisotopic (exact) mass is 264 g/mol. The molecule has 1 rings (SSSR count). The van der Waals surface area contributed by atoms with Gasteiger partial charge in [-0.05, 0) is 25.0 Å². The maximum absolute atomic E-state index is 7.49. The average Bonchev–Trinajstić information content (AvgIpc) is 2.41. The Morgan fingerprint density at radius 1 is 1.37 bits per heavy atom. The molecule has 0 spiro atoms. The van der Waals surface area contributed by atoms with Gasteiger partial charge in [0.25, 0.3) is 0 Å². The van der Waals surface area contributed by atoms with E-state index in [9.17, 15) is 0 Å². The topological polar surface area (TPSA) is 78.7 Å². The minimum atomic E-state index is -0.0265. The summed E-state index contributed by atoms with van der Waals surface area (Å²) in [5, 5.41) is 11.4. The van der Waals surface area contributed by atoms with Crippen LogP contribution in [0, 0.1) is 12.3 Å². The van der Waals surface area contributed by atoms with Crippen molar-refractivity contribution in [2.45, 2.75) is 13.8 Å². The molecule has 104 valence electrons. The highest BCUT2D eigenvalue weighted by Crippen LogP contribution is 2.02. The summed E-state index contributed by atoms with van der Waals surface area (Å²) < 4.78 is 5.08. The molecule has 19 heavy (non-hydrogen) atoms. The van der Waals surface area contributed by atoms with Gasteiger partial charge >= 0.3 is 0 Å². The summed E-state index contributed by atoms with van der Waals surface area (Å²) in [6, 6.07) is 7.86. The van der Waals surface area contributed by atoms with Crippen molar-refractivity contribution in [2.75, 3.05) is 19.8 Å². The van der Waals surface area contributed by atoms with E-state index in [4.69, 9.17) is 15.0 Å². The van der Waals surface area contributed by atoms with Gasteiger partial charge in [0.05, 0.1) is 19.4 Å². The molecule has 6 nitrogen and oxygen atoms in total. The van der Waals surface area contributed by atoms with Crippen LogP contribution in [0.2, 0.25) is 0 Å². The van der Waals surface area contributed by atoms with Crippen molar-refractivity contribution in [2.24, 2.45) is 5.10 Å². The molecule has 0 atom stereocenters. The smallest absolute Gasteiger partial charge is 0.233 e. The van der Waals surface area contributed by atoms with Crippen LogP contribution < -0.4 is 10.9 Å². The maximum atomic E-state index is 7.49. The minimum Gasteiger partial charge on any atom is -0.379 e. The number of aryl methyl sites for hydroxylation is 1. The zero-order valence-electron chi connectivity index (χ0n) is 11.3. The third-order valence-corrected chi connectivity index (χ3v) is 2.28. The number of hydrazone groups is 1. The lowest BCUT2D eigenvalue weighted by molar-refractivity contribution is 0.0235. The molecule has 0 radical (unpaired) electrons. The fourth-order valence-corrected chi connectivity index (χ4v) is 1.29. The van der Waals surface area contributed by atoms with Gasteiger partial charge in [0.1, 0.15) is 0 Å². The predicted molar refractivity (Wildman–Crippen MR) is 75.2 cm³/mol. The van der Waals surface area contributed by atoms with Crippen LogP contribution in [0.15, 0.2) is 29.4 Å². The van der Waals surface area contributed by atoms with E-state index in [1.54, 1.807) is 6.21 Å². The van der Waals surface area contributed by atoms with Gasteiger partial charge in [0, 0.05) is 6.61 Å². The summed E-state index contributed by atoms with van der Waals surface area (Å²) in [6.07, 6.45) is 1.66. The molecule has 3 N–H and O–H groups in total. The van der Waals surface area contributed by atoms with Crippen LogP contribution in [0.3, 0.4) is 0 Å². The van der Waals surface area contributed by atoms with Gasteiger partial charge in [-0.3, -0.25) is 10.2 Å². The molecule has 0 amide bonds. The third-order valence-electron chi connectivity index (χ3n) is 2.28. The van der Waals surface area contributed by atoms with Gasteiger partial charge in [-0.1, -0.05) is 24.3 Å². The lowest BCUT2D eigenvalue weighted by Crippen LogP contribution is -2.34. The van der Waals surface area contributed by atoms with E-state index in [-0.39, 0.29) is 5.96 Å². The highest BCUT2D eigenvalue weighted by molar-refractivity contribution is 5.83. The highest BCUT2D eigenvalue weighted by Gasteiger charge is 1.94. The number of ether oxygens (including phenoxy) is 1. The fourth-order valence-electron chi connectivity index (χ4n) is 1.29. The van der Waals surface area contributed by atoms with Gasteiger partial charge in [0.2, 0.25) is 5.96 Å². The Bertz CT molecular complexity index is 421. The zero-order valence-corrected chi connectivity index (χ0v) is 11.3. The molecule has 1 aromatic carbocycles. The van der Waals surface area contributed by atoms with Crippen molar-refractivity contribution < 1.29 is 9.57 Å². The van der Waals surface area contributed by atoms with Gasteiger partial charge in [-0.25, -0.2) is 10.9 Å². The largest absolute Gasteiger partial charge is 0.379 e. The number of nitrogens with one attached hydrogen (secondary N) is 3. The molecular weight excluding hydrogens is 244 g/mol. The van der Waals surface area contributed by atoms with E-state index in [0.717, 1.165) is 11.1 Å². The molecule has 0 unspecified atom stereocenters. The van der Waals surface area contributed by atoms with E-state index < -0.39 is 0 Å². The Kier molecular flexibility index (Phi) is 7.23. The number of hydrogen-bond acceptors (Lipinski definition) is 4. The van der Waals surface area contributed by atoms with Crippen molar-refractivity contribution in [3.05, 3.63) is 35.4 Å². The second kappa shape index (κ2) is 9.07. The molecular formula is C13H20N4O2. The number of hydroxylamine groups is 1. The van der Waals surface area contributed by atoms with E-state index in [2.05, 4.69) is 16.0 Å². The van der Waals surface area contributed by atoms with Crippen LogP contribution in [0.25, 0.3) is 0 Å². The quantitative estimate of drug-likeness (QED) is 0.301. The normalized spacial score (nSPS) is 10.6. The Morgan fingerprint density at radius 2 is 2.16 bits per heavy atom. The van der Waals surface area contributed by atoms with Crippen molar-refractivity contribution in [3.63, 3.8) is 0 Å². The first-order valence-corrected chi connectivity index (χ1v) is 6.13. The van der Waals surface area contributed by atoms with Crippen LogP contribution in [-0.4, -0.2) is 32.0 Å². The van der Waals surface area contributed by atoms with E-state index in [0.29, 0.717) is 19.8 Å². The molecule has 0 fully saturated rings. The van der Waals surface area contributed by atoms with E-state index in [1.807, 2.05) is 38.1 Å². The summed E-state index contributed by atoms with van der Waals surface area (Å²) in [5.74, 6) is -0.0265. The summed E-state index contributed by atoms with van der Waals surface area (Å²) >= 11 is 0. The average molecular weight is 264 g/mol. The summed E-state index contributed by atoms with van der Waals surface area (Å²) in [7, 11) is 0. The Balaban J connectivity index is 2.21. The van der Waals surface area contributed by atoms with Crippen molar-refractivity contribution in [1.82, 2.24) is 10.9 Å². The van der Waals surface area contributed by atoms with Gasteiger partial charge < -0.3 is 4.74 Å². The SMILES string of the molecule is CCOCCONC(=N)N/N=C/c1ccccc1C. The fraction of sp³-hybridized carbons (Fsp3) is 0.385. The number of guanidine groups is 1. The molecule has 0 aliphatic carbocycles. The Morgan fingerprint density at radius 3 is 2.89 bits per heavy atom. The summed E-state index contributed by atoms with van der Waals surface area (Å²) in [4.78, 5) is 4.99. The maximum Gasteiger partial charge on any atom is 0.233 e. The third kappa shape index (κ3) is 6.54. The van der Waals surface area contributed by atoms with Crippen LogP contribution in [-0.2, 0) is 9.57 Å². The number of benzene rings is 1. The second-order valence-electron chi connectivity index (χ2n) is 3.75. The number of rotatable bonds is 7.